The Hall–Kier alpha value is -1.44. The predicted octanol–water partition coefficient (Wildman–Crippen LogP) is 5.27. The molecule has 0 bridgehead atoms. The van der Waals surface area contributed by atoms with Crippen molar-refractivity contribution in [3.8, 4) is 0 Å². The first-order chi connectivity index (χ1) is 13.8. The van der Waals surface area contributed by atoms with Crippen molar-refractivity contribution in [2.75, 3.05) is 20.8 Å². The van der Waals surface area contributed by atoms with Crippen LogP contribution in [0.5, 0.6) is 0 Å². The third-order valence-electron chi connectivity index (χ3n) is 5.75. The lowest BCUT2D eigenvalue weighted by Gasteiger charge is -2.45. The lowest BCUT2D eigenvalue weighted by Crippen LogP contribution is -2.52. The van der Waals surface area contributed by atoms with Crippen LogP contribution in [0.25, 0.3) is 0 Å². The molecule has 0 aliphatic rings. The van der Waals surface area contributed by atoms with E-state index in [1.807, 2.05) is 32.1 Å². The van der Waals surface area contributed by atoms with Crippen LogP contribution in [0.1, 0.15) is 62.3 Å². The molecule has 0 unspecified atom stereocenters. The van der Waals surface area contributed by atoms with E-state index in [0.717, 1.165) is 5.57 Å². The van der Waals surface area contributed by atoms with Crippen molar-refractivity contribution in [2.24, 2.45) is 5.92 Å². The Bertz CT molecular complexity index is 591. The predicted molar refractivity (Wildman–Crippen MR) is 124 cm³/mol. The van der Waals surface area contributed by atoms with Gasteiger partial charge in [-0.1, -0.05) is 66.2 Å². The fourth-order valence-electron chi connectivity index (χ4n) is 4.07. The molecule has 0 saturated carbocycles. The normalized spacial score (nSPS) is 15.2. The Morgan fingerprint density at radius 3 is 1.87 bits per heavy atom. The molecule has 0 rings (SSSR count). The van der Waals surface area contributed by atoms with Crippen LogP contribution in [0.15, 0.2) is 23.8 Å². The minimum absolute atomic E-state index is 0.132. The number of allylic oxidation sites excluding steroid dienone is 2. The smallest absolute Gasteiger partial charge is 0.302 e. The fraction of sp³-hybridized carbons (Fsp3) is 0.739. The van der Waals surface area contributed by atoms with Crippen LogP contribution < -0.4 is 0 Å². The zero-order valence-electron chi connectivity index (χ0n) is 20.8. The highest BCUT2D eigenvalue weighted by molar-refractivity contribution is 6.77. The van der Waals surface area contributed by atoms with Crippen LogP contribution in [0, 0.1) is 5.92 Å². The van der Waals surface area contributed by atoms with Gasteiger partial charge in [0.25, 0.3) is 5.91 Å². The fourth-order valence-corrected chi connectivity index (χ4v) is 9.64. The second-order valence-electron chi connectivity index (χ2n) is 8.82. The molecule has 0 radical (unpaired) electrons. The third-order valence-corrected chi connectivity index (χ3v) is 11.8. The van der Waals surface area contributed by atoms with Crippen molar-refractivity contribution in [2.45, 2.75) is 85.0 Å². The van der Waals surface area contributed by atoms with Crippen LogP contribution in [0.3, 0.4) is 0 Å². The summed E-state index contributed by atoms with van der Waals surface area (Å²) in [5.41, 5.74) is 2.14. The lowest BCUT2D eigenvalue weighted by molar-refractivity contribution is -0.175. The average molecular weight is 442 g/mol. The van der Waals surface area contributed by atoms with E-state index in [-0.39, 0.29) is 24.6 Å². The summed E-state index contributed by atoms with van der Waals surface area (Å²) in [4.78, 5) is 28.9. The van der Waals surface area contributed by atoms with E-state index in [0.29, 0.717) is 16.6 Å². The molecule has 7 heteroatoms. The van der Waals surface area contributed by atoms with E-state index < -0.39 is 14.2 Å². The monoisotopic (exact) mass is 441 g/mol. The van der Waals surface area contributed by atoms with Crippen LogP contribution in [0.4, 0.5) is 0 Å². The van der Waals surface area contributed by atoms with Crippen molar-refractivity contribution in [3.63, 3.8) is 0 Å². The van der Waals surface area contributed by atoms with Gasteiger partial charge in [-0.05, 0) is 29.6 Å². The summed E-state index contributed by atoms with van der Waals surface area (Å²) < 4.78 is 11.9. The molecule has 0 N–H and O–H groups in total. The Morgan fingerprint density at radius 1 is 0.967 bits per heavy atom. The summed E-state index contributed by atoms with van der Waals surface area (Å²) in [6, 6.07) is 0. The zero-order chi connectivity index (χ0) is 23.6. The Labute approximate surface area is 184 Å². The average Bonchev–Trinajstić information content (AvgIpc) is 2.65. The molecule has 6 nitrogen and oxygen atoms in total. The van der Waals surface area contributed by atoms with Crippen molar-refractivity contribution < 1.29 is 23.6 Å². The summed E-state index contributed by atoms with van der Waals surface area (Å²) in [6.45, 7) is 18.8. The summed E-state index contributed by atoms with van der Waals surface area (Å²) in [7, 11) is 0.885. The molecule has 0 aliphatic heterocycles. The van der Waals surface area contributed by atoms with Gasteiger partial charge >= 0.3 is 5.97 Å². The number of rotatable bonds is 12. The Kier molecular flexibility index (Phi) is 12.4. The van der Waals surface area contributed by atoms with Gasteiger partial charge in [-0.15, -0.1) is 0 Å². The van der Waals surface area contributed by atoms with E-state index >= 15 is 0 Å². The van der Waals surface area contributed by atoms with Gasteiger partial charge in [0.2, 0.25) is 8.32 Å². The zero-order valence-corrected chi connectivity index (χ0v) is 21.8. The quantitative estimate of drug-likeness (QED) is 0.179. The topological polar surface area (TPSA) is 65.1 Å². The molecule has 174 valence electrons. The molecule has 0 aromatic carbocycles. The van der Waals surface area contributed by atoms with Gasteiger partial charge in [-0.25, -0.2) is 5.06 Å². The van der Waals surface area contributed by atoms with Crippen LogP contribution in [-0.4, -0.2) is 52.1 Å². The highest BCUT2D eigenvalue weighted by Gasteiger charge is 2.47. The SMILES string of the molecule is CON(C)C(=O)[C@@H](C)[C@@H](/C=C/C(C)=C/COC(C)=O)O[Si](C(C)C)(C(C)C)C(C)C. The minimum Gasteiger partial charge on any atom is -0.462 e. The number of esters is 1. The molecule has 0 aromatic heterocycles. The second kappa shape index (κ2) is 13.1. The summed E-state index contributed by atoms with van der Waals surface area (Å²) in [5.74, 6) is -0.851. The number of amides is 1. The summed E-state index contributed by atoms with van der Waals surface area (Å²) in [6.07, 6.45) is 5.35. The molecular weight excluding hydrogens is 398 g/mol. The molecule has 2 atom stereocenters. The van der Waals surface area contributed by atoms with E-state index in [1.165, 1.54) is 19.1 Å². The van der Waals surface area contributed by atoms with Gasteiger partial charge in [0.15, 0.2) is 0 Å². The maximum Gasteiger partial charge on any atom is 0.302 e. The van der Waals surface area contributed by atoms with Gasteiger partial charge in [0.1, 0.15) is 6.61 Å². The third kappa shape index (κ3) is 8.00. The number of hydroxylamine groups is 2. The molecule has 0 fully saturated rings. The first-order valence-electron chi connectivity index (χ1n) is 10.8. The molecule has 0 heterocycles. The standard InChI is InChI=1S/C23H43NO5Si/c1-16(2)30(17(3)4,18(5)6)29-22(20(8)23(26)24(10)27-11)13-12-19(7)14-15-28-21(9)25/h12-14,16-18,20,22H,15H2,1-11H3/b13-12+,19-14+/t20-,22+/m0/s1. The van der Waals surface area contributed by atoms with E-state index in [2.05, 4.69) is 41.5 Å². The molecule has 0 aliphatic carbocycles. The molecule has 0 aromatic rings. The maximum atomic E-state index is 12.8. The van der Waals surface area contributed by atoms with Crippen molar-refractivity contribution in [1.82, 2.24) is 5.06 Å². The number of carbonyl (C=O) groups excluding carboxylic acids is 2. The van der Waals surface area contributed by atoms with Gasteiger partial charge in [-0.2, -0.15) is 0 Å². The van der Waals surface area contributed by atoms with Gasteiger partial charge < -0.3 is 9.16 Å². The minimum atomic E-state index is -2.21. The van der Waals surface area contributed by atoms with E-state index in [1.54, 1.807) is 7.05 Å². The molecule has 30 heavy (non-hydrogen) atoms. The molecule has 0 spiro atoms. The first-order valence-corrected chi connectivity index (χ1v) is 12.9. The highest BCUT2D eigenvalue weighted by atomic mass is 28.4. The number of nitrogens with zero attached hydrogens (tertiary/aromatic N) is 1. The van der Waals surface area contributed by atoms with E-state index in [9.17, 15) is 9.59 Å². The maximum absolute atomic E-state index is 12.8. The van der Waals surface area contributed by atoms with Gasteiger partial charge in [0, 0.05) is 14.0 Å². The van der Waals surface area contributed by atoms with Crippen LogP contribution in [-0.2, 0) is 23.6 Å². The summed E-state index contributed by atoms with van der Waals surface area (Å²) in [5, 5.41) is 1.25. The van der Waals surface area contributed by atoms with Crippen LogP contribution >= 0.6 is 0 Å². The largest absolute Gasteiger partial charge is 0.462 e. The van der Waals surface area contributed by atoms with Gasteiger partial charge in [0.05, 0.1) is 19.1 Å². The Balaban J connectivity index is 5.97. The number of hydrogen-bond acceptors (Lipinski definition) is 5. The number of hydrogen-bond donors (Lipinski definition) is 0. The lowest BCUT2D eigenvalue weighted by atomic mass is 10.0. The van der Waals surface area contributed by atoms with Crippen molar-refractivity contribution in [3.05, 3.63) is 23.8 Å². The number of ether oxygens (including phenoxy) is 1. The second-order valence-corrected chi connectivity index (χ2v) is 14.2. The molecule has 0 saturated heterocycles. The molecular formula is C23H43NO5Si. The van der Waals surface area contributed by atoms with Crippen molar-refractivity contribution in [1.29, 1.82) is 0 Å². The van der Waals surface area contributed by atoms with E-state index in [4.69, 9.17) is 14.0 Å². The number of carbonyl (C=O) groups is 2. The first kappa shape index (κ1) is 28.6. The highest BCUT2D eigenvalue weighted by Crippen LogP contribution is 2.44. The van der Waals surface area contributed by atoms with Crippen LogP contribution in [0.2, 0.25) is 16.6 Å². The molecule has 1 amide bonds. The summed E-state index contributed by atoms with van der Waals surface area (Å²) >= 11 is 0. The Morgan fingerprint density at radius 2 is 1.47 bits per heavy atom. The van der Waals surface area contributed by atoms with Crippen molar-refractivity contribution >= 4 is 20.2 Å². The van der Waals surface area contributed by atoms with Gasteiger partial charge in [-0.3, -0.25) is 14.4 Å².